The summed E-state index contributed by atoms with van der Waals surface area (Å²) >= 11 is 3.17. The molecule has 0 bridgehead atoms. The maximum Gasteiger partial charge on any atom is 0.326 e. The number of hydrogen-bond donors (Lipinski definition) is 2. The van der Waals surface area contributed by atoms with E-state index in [0.717, 1.165) is 0 Å². The predicted molar refractivity (Wildman–Crippen MR) is 133 cm³/mol. The molecule has 0 amide bonds. The Morgan fingerprint density at radius 3 is 1.81 bits per heavy atom. The van der Waals surface area contributed by atoms with Crippen molar-refractivity contribution in [2.75, 3.05) is 11.1 Å². The molecule has 0 saturated heterocycles. The number of thiazole rings is 1. The summed E-state index contributed by atoms with van der Waals surface area (Å²) in [6.07, 6.45) is 2.14. The minimum absolute atomic E-state index is 0.450. The van der Waals surface area contributed by atoms with Gasteiger partial charge in [0.1, 0.15) is 6.04 Å². The Kier molecular flexibility index (Phi) is 7.24. The molecular formula is C26H24N2O2S2. The van der Waals surface area contributed by atoms with Gasteiger partial charge in [-0.1, -0.05) is 91.0 Å². The molecule has 162 valence electrons. The van der Waals surface area contributed by atoms with E-state index in [4.69, 9.17) is 0 Å². The van der Waals surface area contributed by atoms with Crippen LogP contribution in [0.1, 0.15) is 23.1 Å². The maximum absolute atomic E-state index is 11.9. The van der Waals surface area contributed by atoms with E-state index in [1.165, 1.54) is 28.0 Å². The van der Waals surface area contributed by atoms with Gasteiger partial charge in [-0.15, -0.1) is 23.1 Å². The van der Waals surface area contributed by atoms with Crippen molar-refractivity contribution in [3.63, 3.8) is 0 Å². The van der Waals surface area contributed by atoms with Crippen molar-refractivity contribution >= 4 is 34.2 Å². The molecule has 0 aliphatic rings. The average Bonchev–Trinajstić information content (AvgIpc) is 3.36. The minimum atomic E-state index is -0.870. The van der Waals surface area contributed by atoms with Crippen LogP contribution < -0.4 is 5.32 Å². The van der Waals surface area contributed by atoms with Crippen LogP contribution in [0.4, 0.5) is 5.13 Å². The number of benzene rings is 3. The quantitative estimate of drug-likeness (QED) is 0.279. The Balaban J connectivity index is 1.69. The summed E-state index contributed by atoms with van der Waals surface area (Å²) in [6.45, 7) is 0. The Labute approximate surface area is 196 Å². The van der Waals surface area contributed by atoms with E-state index >= 15 is 0 Å². The van der Waals surface area contributed by atoms with Crippen molar-refractivity contribution in [2.24, 2.45) is 0 Å². The molecule has 32 heavy (non-hydrogen) atoms. The summed E-state index contributed by atoms with van der Waals surface area (Å²) in [7, 11) is 0. The number of aliphatic carboxylic acids is 1. The van der Waals surface area contributed by atoms with E-state index in [2.05, 4.69) is 83.1 Å². The van der Waals surface area contributed by atoms with Gasteiger partial charge < -0.3 is 10.4 Å². The van der Waals surface area contributed by atoms with Gasteiger partial charge >= 0.3 is 5.97 Å². The molecule has 0 aliphatic heterocycles. The van der Waals surface area contributed by atoms with Crippen LogP contribution in [0.3, 0.4) is 0 Å². The second-order valence-electron chi connectivity index (χ2n) is 7.29. The highest BCUT2D eigenvalue weighted by molar-refractivity contribution is 8.00. The molecule has 1 atom stereocenters. The van der Waals surface area contributed by atoms with E-state index in [0.29, 0.717) is 17.3 Å². The van der Waals surface area contributed by atoms with Crippen LogP contribution in [0.25, 0.3) is 0 Å². The molecule has 6 heteroatoms. The van der Waals surface area contributed by atoms with E-state index in [9.17, 15) is 9.90 Å². The Bertz CT molecular complexity index is 1010. The topological polar surface area (TPSA) is 62.2 Å². The lowest BCUT2D eigenvalue weighted by atomic mass is 9.84. The summed E-state index contributed by atoms with van der Waals surface area (Å²) in [4.78, 5) is 16.1. The predicted octanol–water partition coefficient (Wildman–Crippen LogP) is 6.12. The molecule has 2 N–H and O–H groups in total. The zero-order chi connectivity index (χ0) is 22.2. The molecule has 0 unspecified atom stereocenters. The molecule has 1 heterocycles. The van der Waals surface area contributed by atoms with Crippen molar-refractivity contribution < 1.29 is 9.90 Å². The lowest BCUT2D eigenvalue weighted by Gasteiger charge is -2.35. The second-order valence-corrected chi connectivity index (χ2v) is 9.49. The third-order valence-electron chi connectivity index (χ3n) is 5.29. The molecule has 0 radical (unpaired) electrons. The van der Waals surface area contributed by atoms with Crippen molar-refractivity contribution in [3.05, 3.63) is 119 Å². The molecule has 0 aliphatic carbocycles. The van der Waals surface area contributed by atoms with Gasteiger partial charge in [0.2, 0.25) is 0 Å². The van der Waals surface area contributed by atoms with Crippen LogP contribution in [0.5, 0.6) is 0 Å². The lowest BCUT2D eigenvalue weighted by Crippen LogP contribution is -2.31. The first-order chi connectivity index (χ1) is 15.7. The van der Waals surface area contributed by atoms with E-state index in [1.807, 2.05) is 23.6 Å². The number of nitrogens with one attached hydrogen (secondary N) is 1. The fourth-order valence-electron chi connectivity index (χ4n) is 3.80. The van der Waals surface area contributed by atoms with Crippen molar-refractivity contribution in [1.29, 1.82) is 0 Å². The largest absolute Gasteiger partial charge is 0.480 e. The normalized spacial score (nSPS) is 12.2. The van der Waals surface area contributed by atoms with E-state index < -0.39 is 16.8 Å². The lowest BCUT2D eigenvalue weighted by molar-refractivity contribution is -0.137. The third kappa shape index (κ3) is 4.87. The molecule has 0 saturated carbocycles. The number of nitrogens with zero attached hydrogens (tertiary/aromatic N) is 1. The average molecular weight is 461 g/mol. The van der Waals surface area contributed by atoms with E-state index in [1.54, 1.807) is 18.0 Å². The number of anilines is 1. The zero-order valence-corrected chi connectivity index (χ0v) is 19.1. The number of carbonyl (C=O) groups is 1. The monoisotopic (exact) mass is 460 g/mol. The summed E-state index contributed by atoms with van der Waals surface area (Å²) < 4.78 is -0.450. The van der Waals surface area contributed by atoms with Crippen molar-refractivity contribution in [3.8, 4) is 0 Å². The highest BCUT2D eigenvalue weighted by Gasteiger charge is 2.37. The Morgan fingerprint density at radius 2 is 1.41 bits per heavy atom. The Morgan fingerprint density at radius 1 is 0.906 bits per heavy atom. The summed E-state index contributed by atoms with van der Waals surface area (Å²) in [5, 5.41) is 15.3. The summed E-state index contributed by atoms with van der Waals surface area (Å²) in [5.41, 5.74) is 3.51. The third-order valence-corrected chi connectivity index (χ3v) is 7.58. The highest BCUT2D eigenvalue weighted by Crippen LogP contribution is 2.48. The van der Waals surface area contributed by atoms with Crippen LogP contribution in [0.2, 0.25) is 0 Å². The first-order valence-corrected chi connectivity index (χ1v) is 12.3. The van der Waals surface area contributed by atoms with Gasteiger partial charge in [0, 0.05) is 11.6 Å². The van der Waals surface area contributed by atoms with Gasteiger partial charge in [-0.2, -0.15) is 0 Å². The van der Waals surface area contributed by atoms with Crippen LogP contribution in [0, 0.1) is 0 Å². The van der Waals surface area contributed by atoms with Crippen molar-refractivity contribution in [1.82, 2.24) is 4.98 Å². The van der Waals surface area contributed by atoms with Crippen LogP contribution in [-0.4, -0.2) is 27.9 Å². The number of rotatable bonds is 10. The van der Waals surface area contributed by atoms with Gasteiger partial charge in [0.15, 0.2) is 5.13 Å². The number of carboxylic acids is 1. The molecule has 4 nitrogen and oxygen atoms in total. The fourth-order valence-corrected chi connectivity index (χ4v) is 5.95. The SMILES string of the molecule is O=C(O)[C@H](CCSC(c1ccccc1)(c1ccccc1)c1ccccc1)Nc1nccs1. The van der Waals surface area contributed by atoms with Crippen LogP contribution in [0.15, 0.2) is 103 Å². The molecule has 4 rings (SSSR count). The molecule has 1 aromatic heterocycles. The van der Waals surface area contributed by atoms with Crippen LogP contribution in [-0.2, 0) is 9.54 Å². The number of hydrogen-bond acceptors (Lipinski definition) is 5. The first-order valence-electron chi connectivity index (χ1n) is 10.4. The standard InChI is InChI=1S/C26H24N2O2S2/c29-24(30)23(28-25-27-17-19-31-25)16-18-32-26(20-10-4-1-5-11-20,21-12-6-2-7-13-21)22-14-8-3-9-15-22/h1-15,17,19,23H,16,18H2,(H,27,28)(H,29,30)/t23-/m0/s1. The number of thioether (sulfide) groups is 1. The summed E-state index contributed by atoms with van der Waals surface area (Å²) in [6, 6.07) is 30.6. The smallest absolute Gasteiger partial charge is 0.326 e. The van der Waals surface area contributed by atoms with E-state index in [-0.39, 0.29) is 0 Å². The summed E-state index contributed by atoms with van der Waals surface area (Å²) in [5.74, 6) is -0.223. The highest BCUT2D eigenvalue weighted by atomic mass is 32.2. The minimum Gasteiger partial charge on any atom is -0.480 e. The van der Waals surface area contributed by atoms with Crippen molar-refractivity contribution in [2.45, 2.75) is 17.2 Å². The zero-order valence-electron chi connectivity index (χ0n) is 17.4. The molecule has 0 fully saturated rings. The molecule has 0 spiro atoms. The fraction of sp³-hybridized carbons (Fsp3) is 0.154. The molecular weight excluding hydrogens is 436 g/mol. The van der Waals surface area contributed by atoms with Gasteiger partial charge in [-0.05, 0) is 28.9 Å². The Hall–Kier alpha value is -3.09. The second kappa shape index (κ2) is 10.5. The van der Waals surface area contributed by atoms with Gasteiger partial charge in [0.25, 0.3) is 0 Å². The number of aromatic nitrogens is 1. The van der Waals surface area contributed by atoms with Gasteiger partial charge in [-0.3, -0.25) is 0 Å². The molecule has 3 aromatic carbocycles. The first kappa shape index (κ1) is 22.1. The van der Waals surface area contributed by atoms with Gasteiger partial charge in [-0.25, -0.2) is 9.78 Å². The van der Waals surface area contributed by atoms with Gasteiger partial charge in [0.05, 0.1) is 4.75 Å². The maximum atomic E-state index is 11.9. The van der Waals surface area contributed by atoms with Crippen LogP contribution >= 0.6 is 23.1 Å². The molecule has 4 aromatic rings. The number of carboxylic acid groups (broad SMARTS) is 1.